The predicted molar refractivity (Wildman–Crippen MR) is 96.2 cm³/mol. The van der Waals surface area contributed by atoms with E-state index < -0.39 is 0 Å². The number of hydrogen-bond acceptors (Lipinski definition) is 2. The average molecular weight is 402 g/mol. The molecule has 6 heteroatoms. The smallest absolute Gasteiger partial charge is 0.191 e. The molecule has 0 bridgehead atoms. The van der Waals surface area contributed by atoms with Crippen LogP contribution in [0, 0.1) is 13.8 Å². The molecular formula is C15H23IN4O. The SMILES string of the molecule is CN=C(NCCn1cccc1)NCc1cc(C)oc1C.I. The van der Waals surface area contributed by atoms with Gasteiger partial charge in [0.1, 0.15) is 11.5 Å². The van der Waals surface area contributed by atoms with Crippen LogP contribution in [0.2, 0.25) is 0 Å². The summed E-state index contributed by atoms with van der Waals surface area (Å²) in [5.41, 5.74) is 1.16. The molecule has 2 N–H and O–H groups in total. The van der Waals surface area contributed by atoms with Crippen LogP contribution in [-0.4, -0.2) is 24.1 Å². The Kier molecular flexibility index (Phi) is 7.35. The highest BCUT2D eigenvalue weighted by atomic mass is 127. The van der Waals surface area contributed by atoms with Crippen molar-refractivity contribution in [3.63, 3.8) is 0 Å². The molecule has 116 valence electrons. The summed E-state index contributed by atoms with van der Waals surface area (Å²) in [7, 11) is 1.78. The van der Waals surface area contributed by atoms with Crippen molar-refractivity contribution >= 4 is 29.9 Å². The summed E-state index contributed by atoms with van der Waals surface area (Å²) in [4.78, 5) is 4.21. The Balaban J connectivity index is 0.00000220. The lowest BCUT2D eigenvalue weighted by atomic mass is 10.2. The van der Waals surface area contributed by atoms with Gasteiger partial charge in [0.2, 0.25) is 0 Å². The fourth-order valence-electron chi connectivity index (χ4n) is 2.08. The summed E-state index contributed by atoms with van der Waals surface area (Å²) >= 11 is 0. The number of aryl methyl sites for hydroxylation is 2. The third kappa shape index (κ3) is 5.45. The molecule has 0 aliphatic heterocycles. The first-order chi connectivity index (χ1) is 9.69. The van der Waals surface area contributed by atoms with Gasteiger partial charge in [0.15, 0.2) is 5.96 Å². The van der Waals surface area contributed by atoms with E-state index in [4.69, 9.17) is 4.42 Å². The average Bonchev–Trinajstić information content (AvgIpc) is 3.03. The number of aliphatic imine (C=N–C) groups is 1. The van der Waals surface area contributed by atoms with Crippen molar-refractivity contribution < 1.29 is 4.42 Å². The van der Waals surface area contributed by atoms with Crippen LogP contribution in [0.25, 0.3) is 0 Å². The lowest BCUT2D eigenvalue weighted by Gasteiger charge is -2.11. The van der Waals surface area contributed by atoms with Crippen LogP contribution in [-0.2, 0) is 13.1 Å². The van der Waals surface area contributed by atoms with Crippen molar-refractivity contribution in [2.75, 3.05) is 13.6 Å². The van der Waals surface area contributed by atoms with Crippen LogP contribution in [0.4, 0.5) is 0 Å². The van der Waals surface area contributed by atoms with Crippen LogP contribution in [0.3, 0.4) is 0 Å². The second-order valence-corrected chi connectivity index (χ2v) is 4.71. The number of furan rings is 1. The molecule has 0 fully saturated rings. The first kappa shape index (κ1) is 17.6. The quantitative estimate of drug-likeness (QED) is 0.460. The summed E-state index contributed by atoms with van der Waals surface area (Å²) in [6.07, 6.45) is 4.10. The Hall–Kier alpha value is -1.44. The monoisotopic (exact) mass is 402 g/mol. The molecule has 0 unspecified atom stereocenters. The number of nitrogens with zero attached hydrogens (tertiary/aromatic N) is 2. The van der Waals surface area contributed by atoms with Gasteiger partial charge in [-0.15, -0.1) is 24.0 Å². The van der Waals surface area contributed by atoms with Gasteiger partial charge < -0.3 is 19.6 Å². The molecule has 2 heterocycles. The van der Waals surface area contributed by atoms with Crippen molar-refractivity contribution in [3.05, 3.63) is 47.7 Å². The first-order valence-corrected chi connectivity index (χ1v) is 6.80. The minimum absolute atomic E-state index is 0. The second-order valence-electron chi connectivity index (χ2n) is 4.71. The summed E-state index contributed by atoms with van der Waals surface area (Å²) in [6.45, 7) is 6.40. The molecular weight excluding hydrogens is 379 g/mol. The van der Waals surface area contributed by atoms with Gasteiger partial charge in [0.05, 0.1) is 0 Å². The Bertz CT molecular complexity index is 560. The van der Waals surface area contributed by atoms with Gasteiger partial charge in [0, 0.05) is 44.6 Å². The van der Waals surface area contributed by atoms with Gasteiger partial charge in [-0.1, -0.05) is 0 Å². The number of halogens is 1. The van der Waals surface area contributed by atoms with E-state index in [2.05, 4.69) is 38.7 Å². The highest BCUT2D eigenvalue weighted by Gasteiger charge is 2.05. The Morgan fingerprint density at radius 3 is 2.52 bits per heavy atom. The normalized spacial score (nSPS) is 11.1. The molecule has 2 aromatic heterocycles. The van der Waals surface area contributed by atoms with E-state index in [-0.39, 0.29) is 24.0 Å². The molecule has 0 amide bonds. The molecule has 0 atom stereocenters. The van der Waals surface area contributed by atoms with E-state index in [0.717, 1.165) is 36.1 Å². The minimum atomic E-state index is 0. The van der Waals surface area contributed by atoms with Crippen molar-refractivity contribution in [1.82, 2.24) is 15.2 Å². The van der Waals surface area contributed by atoms with E-state index in [1.807, 2.05) is 26.0 Å². The van der Waals surface area contributed by atoms with Crippen molar-refractivity contribution in [1.29, 1.82) is 0 Å². The molecule has 0 saturated carbocycles. The van der Waals surface area contributed by atoms with E-state index in [1.165, 1.54) is 0 Å². The van der Waals surface area contributed by atoms with E-state index in [9.17, 15) is 0 Å². The van der Waals surface area contributed by atoms with Gasteiger partial charge in [-0.2, -0.15) is 0 Å². The first-order valence-electron chi connectivity index (χ1n) is 6.80. The standard InChI is InChI=1S/C15H22N4O.HI/c1-12-10-14(13(2)20-12)11-18-15(16-3)17-6-9-19-7-4-5-8-19;/h4-5,7-8,10H,6,9,11H2,1-3H3,(H2,16,17,18);1H. The van der Waals surface area contributed by atoms with Gasteiger partial charge in [-0.25, -0.2) is 0 Å². The second kappa shape index (κ2) is 8.76. The highest BCUT2D eigenvalue weighted by molar-refractivity contribution is 14.0. The number of aromatic nitrogens is 1. The van der Waals surface area contributed by atoms with Crippen molar-refractivity contribution in [2.24, 2.45) is 4.99 Å². The lowest BCUT2D eigenvalue weighted by Crippen LogP contribution is -2.38. The van der Waals surface area contributed by atoms with E-state index in [1.54, 1.807) is 7.05 Å². The molecule has 2 aromatic rings. The van der Waals surface area contributed by atoms with Crippen molar-refractivity contribution in [3.8, 4) is 0 Å². The highest BCUT2D eigenvalue weighted by Crippen LogP contribution is 2.12. The third-order valence-corrected chi connectivity index (χ3v) is 3.14. The third-order valence-electron chi connectivity index (χ3n) is 3.14. The maximum atomic E-state index is 5.51. The van der Waals surface area contributed by atoms with Crippen LogP contribution in [0.1, 0.15) is 17.1 Å². The van der Waals surface area contributed by atoms with Crippen LogP contribution >= 0.6 is 24.0 Å². The lowest BCUT2D eigenvalue weighted by molar-refractivity contribution is 0.500. The van der Waals surface area contributed by atoms with E-state index >= 15 is 0 Å². The van der Waals surface area contributed by atoms with Gasteiger partial charge in [-0.05, 0) is 32.0 Å². The molecule has 0 saturated heterocycles. The number of rotatable bonds is 5. The van der Waals surface area contributed by atoms with Crippen LogP contribution in [0.5, 0.6) is 0 Å². The van der Waals surface area contributed by atoms with Gasteiger partial charge >= 0.3 is 0 Å². The largest absolute Gasteiger partial charge is 0.466 e. The molecule has 0 radical (unpaired) electrons. The topological polar surface area (TPSA) is 54.5 Å². The summed E-state index contributed by atoms with van der Waals surface area (Å²) in [5.74, 6) is 2.70. The summed E-state index contributed by atoms with van der Waals surface area (Å²) in [5, 5.41) is 6.58. The number of nitrogens with one attached hydrogen (secondary N) is 2. The minimum Gasteiger partial charge on any atom is -0.466 e. The van der Waals surface area contributed by atoms with Gasteiger partial charge in [-0.3, -0.25) is 4.99 Å². The van der Waals surface area contributed by atoms with Crippen molar-refractivity contribution in [2.45, 2.75) is 26.9 Å². The number of hydrogen-bond donors (Lipinski definition) is 2. The Labute approximate surface area is 142 Å². The summed E-state index contributed by atoms with van der Waals surface area (Å²) in [6, 6.07) is 6.10. The maximum Gasteiger partial charge on any atom is 0.191 e. The fraction of sp³-hybridized carbons (Fsp3) is 0.400. The summed E-state index contributed by atoms with van der Waals surface area (Å²) < 4.78 is 7.64. The Morgan fingerprint density at radius 2 is 1.95 bits per heavy atom. The zero-order chi connectivity index (χ0) is 14.4. The fourth-order valence-corrected chi connectivity index (χ4v) is 2.08. The molecule has 5 nitrogen and oxygen atoms in total. The molecule has 0 spiro atoms. The molecule has 2 rings (SSSR count). The molecule has 0 aliphatic rings. The molecule has 0 aliphatic carbocycles. The van der Waals surface area contributed by atoms with E-state index in [0.29, 0.717) is 6.54 Å². The van der Waals surface area contributed by atoms with Crippen LogP contribution in [0.15, 0.2) is 40.0 Å². The predicted octanol–water partition coefficient (Wildman–Crippen LogP) is 2.68. The zero-order valence-electron chi connectivity index (χ0n) is 12.7. The molecule has 21 heavy (non-hydrogen) atoms. The Morgan fingerprint density at radius 1 is 1.24 bits per heavy atom. The maximum absolute atomic E-state index is 5.51. The number of guanidine groups is 1. The van der Waals surface area contributed by atoms with Crippen LogP contribution < -0.4 is 10.6 Å². The van der Waals surface area contributed by atoms with Gasteiger partial charge in [0.25, 0.3) is 0 Å². The zero-order valence-corrected chi connectivity index (χ0v) is 15.0. The molecule has 0 aromatic carbocycles.